The molecule has 1 aliphatic heterocycles. The zero-order valence-electron chi connectivity index (χ0n) is 15.7. The topological polar surface area (TPSA) is 79.0 Å². The van der Waals surface area contributed by atoms with Gasteiger partial charge in [-0.2, -0.15) is 0 Å². The standard InChI is InChI=1S/C17H25ClFN3O4S/c1-17(2,3)26-16(23)22-10-8-21(9-11-22)7-6-20-27(24,25)15-5-4-13(18)12-14(15)19/h4-5,12,20H,6-11H2,1-3H3. The predicted molar refractivity (Wildman–Crippen MR) is 101 cm³/mol. The minimum atomic E-state index is -3.95. The van der Waals surface area contributed by atoms with E-state index in [1.165, 1.54) is 6.07 Å². The van der Waals surface area contributed by atoms with E-state index in [0.29, 0.717) is 32.7 Å². The first kappa shape index (κ1) is 21.9. The molecule has 0 saturated carbocycles. The van der Waals surface area contributed by atoms with Gasteiger partial charge in [-0.25, -0.2) is 22.3 Å². The Labute approximate surface area is 164 Å². The summed E-state index contributed by atoms with van der Waals surface area (Å²) < 4.78 is 45.9. The van der Waals surface area contributed by atoms with Crippen LogP contribution in [-0.2, 0) is 14.8 Å². The quantitative estimate of drug-likeness (QED) is 0.789. The number of ether oxygens (including phenoxy) is 1. The number of sulfonamides is 1. The lowest BCUT2D eigenvalue weighted by Crippen LogP contribution is -2.51. The van der Waals surface area contributed by atoms with Crippen LogP contribution in [0, 0.1) is 5.82 Å². The van der Waals surface area contributed by atoms with Crippen LogP contribution in [0.15, 0.2) is 23.1 Å². The maximum absolute atomic E-state index is 13.8. The van der Waals surface area contributed by atoms with Crippen LogP contribution >= 0.6 is 11.6 Å². The van der Waals surface area contributed by atoms with Gasteiger partial charge in [-0.3, -0.25) is 4.90 Å². The van der Waals surface area contributed by atoms with Gasteiger partial charge < -0.3 is 9.64 Å². The minimum Gasteiger partial charge on any atom is -0.444 e. The number of nitrogens with one attached hydrogen (secondary N) is 1. The Kier molecular flexibility index (Phi) is 7.07. The number of nitrogens with zero attached hydrogens (tertiary/aromatic N) is 2. The average molecular weight is 422 g/mol. The molecule has 1 aliphatic rings. The number of carbonyl (C=O) groups excluding carboxylic acids is 1. The first-order chi connectivity index (χ1) is 12.5. The molecule has 1 aromatic rings. The summed E-state index contributed by atoms with van der Waals surface area (Å²) in [6.07, 6.45) is -0.346. The molecule has 27 heavy (non-hydrogen) atoms. The molecule has 1 saturated heterocycles. The summed E-state index contributed by atoms with van der Waals surface area (Å²) in [6, 6.07) is 3.43. The third-order valence-corrected chi connectivity index (χ3v) is 5.66. The molecule has 0 aromatic heterocycles. The van der Waals surface area contributed by atoms with Crippen molar-refractivity contribution >= 4 is 27.7 Å². The van der Waals surface area contributed by atoms with E-state index in [-0.39, 0.29) is 17.7 Å². The molecule has 2 rings (SSSR count). The number of benzene rings is 1. The number of halogens is 2. The molecule has 152 valence electrons. The van der Waals surface area contributed by atoms with Crippen LogP contribution < -0.4 is 4.72 Å². The van der Waals surface area contributed by atoms with Crippen molar-refractivity contribution in [1.82, 2.24) is 14.5 Å². The molecule has 0 atom stereocenters. The van der Waals surface area contributed by atoms with Crippen molar-refractivity contribution in [2.24, 2.45) is 0 Å². The van der Waals surface area contributed by atoms with Gasteiger partial charge in [0, 0.05) is 44.3 Å². The van der Waals surface area contributed by atoms with Crippen LogP contribution in [0.2, 0.25) is 5.02 Å². The second-order valence-corrected chi connectivity index (χ2v) is 9.45. The summed E-state index contributed by atoms with van der Waals surface area (Å²) in [5.74, 6) is -0.888. The fraction of sp³-hybridized carbons (Fsp3) is 0.588. The van der Waals surface area contributed by atoms with Crippen molar-refractivity contribution in [1.29, 1.82) is 0 Å². The first-order valence-electron chi connectivity index (χ1n) is 8.63. The maximum atomic E-state index is 13.8. The highest BCUT2D eigenvalue weighted by Crippen LogP contribution is 2.18. The number of piperazine rings is 1. The molecule has 1 heterocycles. The zero-order chi connectivity index (χ0) is 20.2. The highest BCUT2D eigenvalue weighted by Gasteiger charge is 2.26. The fourth-order valence-corrected chi connectivity index (χ4v) is 3.83. The summed E-state index contributed by atoms with van der Waals surface area (Å²) in [6.45, 7) is 8.27. The third kappa shape index (κ3) is 6.60. The van der Waals surface area contributed by atoms with E-state index in [0.717, 1.165) is 12.1 Å². The molecule has 7 nitrogen and oxygen atoms in total. The van der Waals surface area contributed by atoms with Crippen LogP contribution in [0.5, 0.6) is 0 Å². The highest BCUT2D eigenvalue weighted by atomic mass is 35.5. The van der Waals surface area contributed by atoms with Crippen molar-refractivity contribution in [3.8, 4) is 0 Å². The van der Waals surface area contributed by atoms with Crippen molar-refractivity contribution < 1.29 is 22.3 Å². The summed E-state index contributed by atoms with van der Waals surface area (Å²) >= 11 is 5.64. The van der Waals surface area contributed by atoms with E-state index in [1.54, 1.807) is 4.90 Å². The lowest BCUT2D eigenvalue weighted by molar-refractivity contribution is 0.0147. The summed E-state index contributed by atoms with van der Waals surface area (Å²) in [5.41, 5.74) is -0.538. The molecule has 0 spiro atoms. The second-order valence-electron chi connectivity index (χ2n) is 7.28. The summed E-state index contributed by atoms with van der Waals surface area (Å²) in [4.78, 5) is 15.3. The molecule has 0 bridgehead atoms. The Balaban J connectivity index is 1.79. The molecule has 0 aliphatic carbocycles. The number of amides is 1. The predicted octanol–water partition coefficient (Wildman–Crippen LogP) is 2.31. The van der Waals surface area contributed by atoms with E-state index in [1.807, 2.05) is 25.7 Å². The molecule has 1 amide bonds. The smallest absolute Gasteiger partial charge is 0.410 e. The van der Waals surface area contributed by atoms with Crippen LogP contribution in [0.3, 0.4) is 0 Å². The number of rotatable bonds is 5. The van der Waals surface area contributed by atoms with Gasteiger partial charge in [0.15, 0.2) is 0 Å². The van der Waals surface area contributed by atoms with E-state index < -0.39 is 26.3 Å². The van der Waals surface area contributed by atoms with Crippen LogP contribution in [0.4, 0.5) is 9.18 Å². The van der Waals surface area contributed by atoms with E-state index in [4.69, 9.17) is 16.3 Å². The van der Waals surface area contributed by atoms with Gasteiger partial charge in [0.1, 0.15) is 16.3 Å². The minimum absolute atomic E-state index is 0.134. The lowest BCUT2D eigenvalue weighted by atomic mass is 10.2. The molecule has 1 aromatic carbocycles. The molecule has 1 N–H and O–H groups in total. The van der Waals surface area contributed by atoms with Gasteiger partial charge in [0.25, 0.3) is 0 Å². The average Bonchev–Trinajstić information content (AvgIpc) is 2.53. The van der Waals surface area contributed by atoms with Crippen molar-refractivity contribution in [3.05, 3.63) is 29.0 Å². The number of hydrogen-bond donors (Lipinski definition) is 1. The van der Waals surface area contributed by atoms with Gasteiger partial charge in [-0.15, -0.1) is 0 Å². The molecule has 10 heteroatoms. The van der Waals surface area contributed by atoms with E-state index >= 15 is 0 Å². The number of hydrogen-bond acceptors (Lipinski definition) is 5. The fourth-order valence-electron chi connectivity index (χ4n) is 2.59. The summed E-state index contributed by atoms with van der Waals surface area (Å²) in [7, 11) is -3.95. The van der Waals surface area contributed by atoms with Gasteiger partial charge in [0.2, 0.25) is 10.0 Å². The maximum Gasteiger partial charge on any atom is 0.410 e. The van der Waals surface area contributed by atoms with Crippen molar-refractivity contribution in [2.45, 2.75) is 31.3 Å². The van der Waals surface area contributed by atoms with Crippen molar-refractivity contribution in [3.63, 3.8) is 0 Å². The second kappa shape index (κ2) is 8.72. The van der Waals surface area contributed by atoms with Crippen molar-refractivity contribution in [2.75, 3.05) is 39.3 Å². The lowest BCUT2D eigenvalue weighted by Gasteiger charge is -2.35. The first-order valence-corrected chi connectivity index (χ1v) is 10.5. The Morgan fingerprint density at radius 1 is 1.26 bits per heavy atom. The van der Waals surface area contributed by atoms with Crippen LogP contribution in [-0.4, -0.2) is 69.2 Å². The SMILES string of the molecule is CC(C)(C)OC(=O)N1CCN(CCNS(=O)(=O)c2ccc(Cl)cc2F)CC1. The monoisotopic (exact) mass is 421 g/mol. The van der Waals surface area contributed by atoms with E-state index in [2.05, 4.69) is 4.72 Å². The van der Waals surface area contributed by atoms with Crippen LogP contribution in [0.1, 0.15) is 20.8 Å². The largest absolute Gasteiger partial charge is 0.444 e. The third-order valence-electron chi connectivity index (χ3n) is 3.93. The van der Waals surface area contributed by atoms with Crippen LogP contribution in [0.25, 0.3) is 0 Å². The molecular formula is C17H25ClFN3O4S. The Morgan fingerprint density at radius 3 is 2.44 bits per heavy atom. The Morgan fingerprint density at radius 2 is 1.89 bits per heavy atom. The molecule has 0 unspecified atom stereocenters. The molecular weight excluding hydrogens is 397 g/mol. The number of carbonyl (C=O) groups is 1. The zero-order valence-corrected chi connectivity index (χ0v) is 17.2. The summed E-state index contributed by atoms with van der Waals surface area (Å²) in [5, 5.41) is 0.134. The van der Waals surface area contributed by atoms with Gasteiger partial charge >= 0.3 is 6.09 Å². The molecule has 1 fully saturated rings. The van der Waals surface area contributed by atoms with Gasteiger partial charge in [0.05, 0.1) is 0 Å². The Bertz CT molecular complexity index is 775. The highest BCUT2D eigenvalue weighted by molar-refractivity contribution is 7.89. The van der Waals surface area contributed by atoms with Gasteiger partial charge in [-0.1, -0.05) is 11.6 Å². The van der Waals surface area contributed by atoms with E-state index in [9.17, 15) is 17.6 Å². The Hall–Kier alpha value is -1.42. The van der Waals surface area contributed by atoms with Gasteiger partial charge in [-0.05, 0) is 39.0 Å². The molecule has 0 radical (unpaired) electrons. The normalized spacial score (nSPS) is 16.4.